The normalized spacial score (nSPS) is 18.1. The number of benzene rings is 3. The van der Waals surface area contributed by atoms with Crippen molar-refractivity contribution >= 4 is 11.4 Å². The first-order valence-corrected chi connectivity index (χ1v) is 12.0. The number of pyridine rings is 1. The van der Waals surface area contributed by atoms with Crippen molar-refractivity contribution in [1.82, 2.24) is 4.98 Å². The van der Waals surface area contributed by atoms with Crippen LogP contribution in [0.15, 0.2) is 108 Å². The van der Waals surface area contributed by atoms with Crippen molar-refractivity contribution in [3.63, 3.8) is 0 Å². The zero-order valence-electron chi connectivity index (χ0n) is 19.3. The van der Waals surface area contributed by atoms with Crippen molar-refractivity contribution in [3.8, 4) is 5.75 Å². The number of hydrogen-bond acceptors (Lipinski definition) is 4. The fraction of sp³-hybridized carbons (Fsp3) is 0.200. The van der Waals surface area contributed by atoms with Crippen molar-refractivity contribution < 1.29 is 9.13 Å². The summed E-state index contributed by atoms with van der Waals surface area (Å²) in [6, 6.07) is 29.0. The van der Waals surface area contributed by atoms with E-state index in [4.69, 9.17) is 9.73 Å². The van der Waals surface area contributed by atoms with E-state index in [2.05, 4.69) is 40.2 Å². The number of aliphatic imine (C=N–C) groups is 1. The second-order valence-electron chi connectivity index (χ2n) is 9.16. The standard InChI is InChI=1S/C30H26FN3O/c31-24-13-14-27-26(20-24)29(30(35-27)15-18-34(19-16-30)25-12-7-17-32-21-25)33-28(22-8-3-1-4-9-22)23-10-5-2-6-11-23/h1-14,17,20-21,29H,15-16,18-19H2/t29-/m1/s1. The molecule has 35 heavy (non-hydrogen) atoms. The summed E-state index contributed by atoms with van der Waals surface area (Å²) >= 11 is 0. The quantitative estimate of drug-likeness (QED) is 0.337. The SMILES string of the molecule is Fc1ccc2c(c1)[C@@H](N=C(c1ccccc1)c1ccccc1)C1(CCN(c3cccnc3)CC1)O2. The van der Waals surface area contributed by atoms with Gasteiger partial charge in [0.05, 0.1) is 17.6 Å². The van der Waals surface area contributed by atoms with Gasteiger partial charge in [0.1, 0.15) is 23.2 Å². The van der Waals surface area contributed by atoms with Crippen LogP contribution in [0.5, 0.6) is 5.75 Å². The maximum absolute atomic E-state index is 14.4. The van der Waals surface area contributed by atoms with E-state index in [0.29, 0.717) is 0 Å². The highest BCUT2D eigenvalue weighted by Crippen LogP contribution is 2.51. The molecule has 0 radical (unpaired) electrons. The smallest absolute Gasteiger partial charge is 0.139 e. The van der Waals surface area contributed by atoms with Gasteiger partial charge in [-0.25, -0.2) is 4.39 Å². The Morgan fingerprint density at radius 3 is 2.20 bits per heavy atom. The summed E-state index contributed by atoms with van der Waals surface area (Å²) in [6.45, 7) is 1.64. The number of anilines is 1. The van der Waals surface area contributed by atoms with Crippen LogP contribution < -0.4 is 9.64 Å². The summed E-state index contributed by atoms with van der Waals surface area (Å²) in [7, 11) is 0. The number of halogens is 1. The molecule has 0 amide bonds. The fourth-order valence-electron chi connectivity index (χ4n) is 5.27. The Balaban J connectivity index is 1.43. The van der Waals surface area contributed by atoms with Crippen LogP contribution in [0.2, 0.25) is 0 Å². The number of fused-ring (bicyclic) bond motifs is 1. The van der Waals surface area contributed by atoms with Crippen LogP contribution in [0.4, 0.5) is 10.1 Å². The van der Waals surface area contributed by atoms with Crippen molar-refractivity contribution in [3.05, 3.63) is 126 Å². The Bertz CT molecular complexity index is 1290. The number of piperidine rings is 1. The van der Waals surface area contributed by atoms with Crippen LogP contribution >= 0.6 is 0 Å². The van der Waals surface area contributed by atoms with E-state index in [1.165, 1.54) is 6.07 Å². The third-order valence-corrected chi connectivity index (χ3v) is 7.05. The van der Waals surface area contributed by atoms with Gasteiger partial charge in [-0.05, 0) is 30.3 Å². The predicted molar refractivity (Wildman–Crippen MR) is 137 cm³/mol. The average Bonchev–Trinajstić information content (AvgIpc) is 3.20. The van der Waals surface area contributed by atoms with E-state index >= 15 is 0 Å². The molecule has 0 bridgehead atoms. The molecular weight excluding hydrogens is 437 g/mol. The Kier molecular flexibility index (Phi) is 5.53. The second-order valence-corrected chi connectivity index (χ2v) is 9.16. The van der Waals surface area contributed by atoms with Gasteiger partial charge in [0.25, 0.3) is 0 Å². The minimum absolute atomic E-state index is 0.265. The molecule has 1 aromatic heterocycles. The molecule has 1 atom stereocenters. The lowest BCUT2D eigenvalue weighted by Crippen LogP contribution is -2.49. The molecule has 174 valence electrons. The summed E-state index contributed by atoms with van der Waals surface area (Å²) in [5.74, 6) is 0.466. The molecule has 3 aromatic carbocycles. The van der Waals surface area contributed by atoms with Gasteiger partial charge in [0.15, 0.2) is 0 Å². The molecule has 3 heterocycles. The summed E-state index contributed by atoms with van der Waals surface area (Å²) in [5.41, 5.74) is 4.37. The van der Waals surface area contributed by atoms with E-state index < -0.39 is 5.60 Å². The summed E-state index contributed by atoms with van der Waals surface area (Å²) in [5, 5.41) is 0. The summed E-state index contributed by atoms with van der Waals surface area (Å²) in [6.07, 6.45) is 5.25. The van der Waals surface area contributed by atoms with Crippen LogP contribution in [0.3, 0.4) is 0 Å². The monoisotopic (exact) mass is 463 g/mol. The first kappa shape index (κ1) is 21.5. The molecule has 0 N–H and O–H groups in total. The molecular formula is C30H26FN3O. The van der Waals surface area contributed by atoms with E-state index in [-0.39, 0.29) is 11.9 Å². The van der Waals surface area contributed by atoms with Crippen LogP contribution in [0.25, 0.3) is 0 Å². The average molecular weight is 464 g/mol. The van der Waals surface area contributed by atoms with Gasteiger partial charge in [0, 0.05) is 48.8 Å². The topological polar surface area (TPSA) is 37.7 Å². The van der Waals surface area contributed by atoms with Gasteiger partial charge in [0.2, 0.25) is 0 Å². The van der Waals surface area contributed by atoms with Gasteiger partial charge in [-0.1, -0.05) is 60.7 Å². The molecule has 4 aromatic rings. The van der Waals surface area contributed by atoms with E-state index in [1.54, 1.807) is 18.3 Å². The number of aromatic nitrogens is 1. The lowest BCUT2D eigenvalue weighted by molar-refractivity contribution is 0.0440. The molecule has 0 aliphatic carbocycles. The molecule has 6 rings (SSSR count). The lowest BCUT2D eigenvalue weighted by atomic mass is 9.82. The zero-order chi connectivity index (χ0) is 23.7. The van der Waals surface area contributed by atoms with Crippen molar-refractivity contribution in [2.45, 2.75) is 24.5 Å². The molecule has 2 aliphatic rings. The van der Waals surface area contributed by atoms with E-state index in [9.17, 15) is 4.39 Å². The highest BCUT2D eigenvalue weighted by Gasteiger charge is 2.50. The van der Waals surface area contributed by atoms with Crippen LogP contribution in [-0.2, 0) is 0 Å². The van der Waals surface area contributed by atoms with Gasteiger partial charge < -0.3 is 9.64 Å². The molecule has 1 fully saturated rings. The van der Waals surface area contributed by atoms with Gasteiger partial charge in [-0.2, -0.15) is 0 Å². The molecule has 4 nitrogen and oxygen atoms in total. The van der Waals surface area contributed by atoms with Gasteiger partial charge >= 0.3 is 0 Å². The van der Waals surface area contributed by atoms with E-state index in [1.807, 2.05) is 48.7 Å². The molecule has 0 unspecified atom stereocenters. The molecule has 1 saturated heterocycles. The maximum Gasteiger partial charge on any atom is 0.139 e. The number of nitrogens with zero attached hydrogens (tertiary/aromatic N) is 3. The van der Waals surface area contributed by atoms with Crippen molar-refractivity contribution in [1.29, 1.82) is 0 Å². The Hall–Kier alpha value is -3.99. The lowest BCUT2D eigenvalue weighted by Gasteiger charge is -2.42. The number of ether oxygens (including phenoxy) is 1. The number of hydrogen-bond donors (Lipinski definition) is 0. The highest BCUT2D eigenvalue weighted by atomic mass is 19.1. The maximum atomic E-state index is 14.4. The minimum Gasteiger partial charge on any atom is -0.484 e. The zero-order valence-corrected chi connectivity index (χ0v) is 19.3. The minimum atomic E-state index is -0.524. The van der Waals surface area contributed by atoms with E-state index in [0.717, 1.165) is 59.8 Å². The fourth-order valence-corrected chi connectivity index (χ4v) is 5.27. The second kappa shape index (κ2) is 8.99. The predicted octanol–water partition coefficient (Wildman–Crippen LogP) is 6.23. The van der Waals surface area contributed by atoms with Crippen LogP contribution in [0, 0.1) is 5.82 Å². The highest BCUT2D eigenvalue weighted by molar-refractivity contribution is 6.13. The van der Waals surface area contributed by atoms with Crippen molar-refractivity contribution in [2.75, 3.05) is 18.0 Å². The third-order valence-electron chi connectivity index (χ3n) is 7.05. The van der Waals surface area contributed by atoms with Gasteiger partial charge in [-0.3, -0.25) is 9.98 Å². The first-order chi connectivity index (χ1) is 17.2. The largest absolute Gasteiger partial charge is 0.484 e. The molecule has 5 heteroatoms. The number of rotatable bonds is 4. The molecule has 1 spiro atoms. The first-order valence-electron chi connectivity index (χ1n) is 12.0. The summed E-state index contributed by atoms with van der Waals surface area (Å²) < 4.78 is 21.1. The Labute approximate surface area is 204 Å². The Morgan fingerprint density at radius 2 is 1.57 bits per heavy atom. The molecule has 0 saturated carbocycles. The van der Waals surface area contributed by atoms with Crippen molar-refractivity contribution in [2.24, 2.45) is 4.99 Å². The Morgan fingerprint density at radius 1 is 0.886 bits per heavy atom. The third kappa shape index (κ3) is 4.08. The summed E-state index contributed by atoms with van der Waals surface area (Å²) in [4.78, 5) is 12.0. The molecule has 2 aliphatic heterocycles. The van der Waals surface area contributed by atoms with Crippen LogP contribution in [0.1, 0.15) is 35.6 Å². The van der Waals surface area contributed by atoms with Gasteiger partial charge in [-0.15, -0.1) is 0 Å². The van der Waals surface area contributed by atoms with Crippen LogP contribution in [-0.4, -0.2) is 29.4 Å².